The maximum atomic E-state index is 12.9. The van der Waals surface area contributed by atoms with Crippen molar-refractivity contribution in [2.45, 2.75) is 51.6 Å². The van der Waals surface area contributed by atoms with E-state index in [1.54, 1.807) is 27.9 Å². The maximum absolute atomic E-state index is 12.9. The van der Waals surface area contributed by atoms with Crippen molar-refractivity contribution in [2.75, 3.05) is 34.4 Å². The quantitative estimate of drug-likeness (QED) is 0.614. The molecular formula is C23H33N5O5. The van der Waals surface area contributed by atoms with Crippen LogP contribution in [0, 0.1) is 0 Å². The Labute approximate surface area is 194 Å². The summed E-state index contributed by atoms with van der Waals surface area (Å²) in [4.78, 5) is 27.1. The number of amides is 2. The van der Waals surface area contributed by atoms with Gasteiger partial charge in [0.15, 0.2) is 17.2 Å². The summed E-state index contributed by atoms with van der Waals surface area (Å²) in [5.41, 5.74) is 0.819. The third kappa shape index (κ3) is 5.37. The standard InChI is InChI=1S/C23H33N5O5/c1-6-27(7-2)23(30)18-14-28(26-25-18)17-10-8-16(9-11-17)24-22(29)15-12-19(31-3)21(33-5)20(13-15)32-4/h12-14,16-17H,6-11H2,1-5H3,(H,24,29). The molecule has 2 amide bonds. The van der Waals surface area contributed by atoms with E-state index in [0.717, 1.165) is 25.7 Å². The molecule has 0 spiro atoms. The average molecular weight is 460 g/mol. The van der Waals surface area contributed by atoms with Gasteiger partial charge in [-0.1, -0.05) is 5.21 Å². The Morgan fingerprint density at radius 1 is 1.03 bits per heavy atom. The summed E-state index contributed by atoms with van der Waals surface area (Å²) >= 11 is 0. The predicted molar refractivity (Wildman–Crippen MR) is 122 cm³/mol. The highest BCUT2D eigenvalue weighted by molar-refractivity contribution is 5.96. The van der Waals surface area contributed by atoms with E-state index >= 15 is 0 Å². The molecule has 1 N–H and O–H groups in total. The van der Waals surface area contributed by atoms with Crippen LogP contribution in [0.25, 0.3) is 0 Å². The number of carbonyl (C=O) groups excluding carboxylic acids is 2. The van der Waals surface area contributed by atoms with Gasteiger partial charge in [0.05, 0.1) is 33.6 Å². The Morgan fingerprint density at radius 2 is 1.64 bits per heavy atom. The fourth-order valence-corrected chi connectivity index (χ4v) is 4.19. The molecule has 1 aliphatic carbocycles. The highest BCUT2D eigenvalue weighted by atomic mass is 16.5. The molecule has 1 aromatic carbocycles. The van der Waals surface area contributed by atoms with Crippen molar-refractivity contribution in [3.8, 4) is 17.2 Å². The van der Waals surface area contributed by atoms with Crippen LogP contribution in [0.4, 0.5) is 0 Å². The van der Waals surface area contributed by atoms with Crippen molar-refractivity contribution in [1.82, 2.24) is 25.2 Å². The van der Waals surface area contributed by atoms with Crippen LogP contribution >= 0.6 is 0 Å². The lowest BCUT2D eigenvalue weighted by atomic mass is 9.91. The normalized spacial score (nSPS) is 17.8. The lowest BCUT2D eigenvalue weighted by molar-refractivity contribution is 0.0766. The van der Waals surface area contributed by atoms with Gasteiger partial charge in [0, 0.05) is 24.7 Å². The average Bonchev–Trinajstić information content (AvgIpc) is 3.34. The van der Waals surface area contributed by atoms with E-state index in [1.165, 1.54) is 21.3 Å². The van der Waals surface area contributed by atoms with Crippen LogP contribution in [0.1, 0.15) is 66.4 Å². The summed E-state index contributed by atoms with van der Waals surface area (Å²) in [6.07, 6.45) is 5.02. The van der Waals surface area contributed by atoms with E-state index < -0.39 is 0 Å². The SMILES string of the molecule is CCN(CC)C(=O)c1cn(C2CCC(NC(=O)c3cc(OC)c(OC)c(OC)c3)CC2)nn1. The molecule has 33 heavy (non-hydrogen) atoms. The molecule has 1 saturated carbocycles. The molecule has 1 heterocycles. The number of hydrogen-bond acceptors (Lipinski definition) is 7. The van der Waals surface area contributed by atoms with Crippen LogP contribution in [0.5, 0.6) is 17.2 Å². The summed E-state index contributed by atoms with van der Waals surface area (Å²) < 4.78 is 17.8. The van der Waals surface area contributed by atoms with Gasteiger partial charge < -0.3 is 24.4 Å². The summed E-state index contributed by atoms with van der Waals surface area (Å²) in [5, 5.41) is 11.4. The third-order valence-electron chi connectivity index (χ3n) is 6.11. The number of rotatable bonds is 9. The lowest BCUT2D eigenvalue weighted by Crippen LogP contribution is -2.38. The smallest absolute Gasteiger partial charge is 0.276 e. The van der Waals surface area contributed by atoms with Crippen molar-refractivity contribution in [3.05, 3.63) is 29.6 Å². The van der Waals surface area contributed by atoms with E-state index in [0.29, 0.717) is 41.6 Å². The van der Waals surface area contributed by atoms with Crippen molar-refractivity contribution < 1.29 is 23.8 Å². The zero-order valence-corrected chi connectivity index (χ0v) is 20.0. The first-order valence-corrected chi connectivity index (χ1v) is 11.3. The molecule has 0 aliphatic heterocycles. The van der Waals surface area contributed by atoms with Gasteiger partial charge in [0.25, 0.3) is 11.8 Å². The van der Waals surface area contributed by atoms with Crippen molar-refractivity contribution in [3.63, 3.8) is 0 Å². The minimum Gasteiger partial charge on any atom is -0.493 e. The molecule has 180 valence electrons. The molecule has 10 heteroatoms. The van der Waals surface area contributed by atoms with Gasteiger partial charge in [-0.2, -0.15) is 0 Å². The van der Waals surface area contributed by atoms with Gasteiger partial charge in [-0.3, -0.25) is 9.59 Å². The van der Waals surface area contributed by atoms with Crippen LogP contribution in [-0.2, 0) is 0 Å². The van der Waals surface area contributed by atoms with Crippen molar-refractivity contribution >= 4 is 11.8 Å². The van der Waals surface area contributed by atoms with Crippen LogP contribution in [0.15, 0.2) is 18.3 Å². The number of aromatic nitrogens is 3. The molecule has 0 radical (unpaired) electrons. The van der Waals surface area contributed by atoms with E-state index in [-0.39, 0.29) is 23.9 Å². The van der Waals surface area contributed by atoms with E-state index in [4.69, 9.17) is 14.2 Å². The fourth-order valence-electron chi connectivity index (χ4n) is 4.19. The van der Waals surface area contributed by atoms with Crippen LogP contribution in [-0.4, -0.2) is 72.2 Å². The molecule has 0 bridgehead atoms. The van der Waals surface area contributed by atoms with Gasteiger partial charge in [0.1, 0.15) is 0 Å². The number of methoxy groups -OCH3 is 3. The van der Waals surface area contributed by atoms with Crippen LogP contribution < -0.4 is 19.5 Å². The number of hydrogen-bond donors (Lipinski definition) is 1. The molecule has 3 rings (SSSR count). The first kappa shape index (κ1) is 24.3. The van der Waals surface area contributed by atoms with E-state index in [1.807, 2.05) is 13.8 Å². The number of nitrogens with zero attached hydrogens (tertiary/aromatic N) is 4. The minimum atomic E-state index is -0.189. The summed E-state index contributed by atoms with van der Waals surface area (Å²) in [5.74, 6) is 1.03. The molecule has 10 nitrogen and oxygen atoms in total. The number of carbonyl (C=O) groups is 2. The van der Waals surface area contributed by atoms with Gasteiger partial charge in [-0.25, -0.2) is 4.68 Å². The summed E-state index contributed by atoms with van der Waals surface area (Å²) in [6, 6.07) is 3.50. The second-order valence-corrected chi connectivity index (χ2v) is 7.95. The van der Waals surface area contributed by atoms with Gasteiger partial charge in [-0.15, -0.1) is 5.10 Å². The fraction of sp³-hybridized carbons (Fsp3) is 0.565. The molecule has 0 saturated heterocycles. The monoisotopic (exact) mass is 459 g/mol. The molecular weight excluding hydrogens is 426 g/mol. The highest BCUT2D eigenvalue weighted by Crippen LogP contribution is 2.38. The number of ether oxygens (including phenoxy) is 3. The minimum absolute atomic E-state index is 0.0492. The largest absolute Gasteiger partial charge is 0.493 e. The van der Waals surface area contributed by atoms with Crippen LogP contribution in [0.2, 0.25) is 0 Å². The maximum Gasteiger partial charge on any atom is 0.276 e. The van der Waals surface area contributed by atoms with E-state index in [2.05, 4.69) is 15.6 Å². The van der Waals surface area contributed by atoms with E-state index in [9.17, 15) is 9.59 Å². The molecule has 1 fully saturated rings. The Bertz CT molecular complexity index is 939. The molecule has 0 atom stereocenters. The first-order valence-electron chi connectivity index (χ1n) is 11.3. The molecule has 1 aliphatic rings. The van der Waals surface area contributed by atoms with Gasteiger partial charge in [-0.05, 0) is 51.7 Å². The Kier molecular flexibility index (Phi) is 8.13. The van der Waals surface area contributed by atoms with Crippen molar-refractivity contribution in [1.29, 1.82) is 0 Å². The first-order chi connectivity index (χ1) is 15.9. The number of benzene rings is 1. The topological polar surface area (TPSA) is 108 Å². The predicted octanol–water partition coefficient (Wildman–Crippen LogP) is 2.70. The molecule has 1 aromatic heterocycles. The third-order valence-corrected chi connectivity index (χ3v) is 6.11. The second-order valence-electron chi connectivity index (χ2n) is 7.95. The zero-order valence-electron chi connectivity index (χ0n) is 20.0. The Morgan fingerprint density at radius 3 is 2.15 bits per heavy atom. The number of nitrogens with one attached hydrogen (secondary N) is 1. The second kappa shape index (κ2) is 11.0. The lowest BCUT2D eigenvalue weighted by Gasteiger charge is -2.29. The highest BCUT2D eigenvalue weighted by Gasteiger charge is 2.27. The van der Waals surface area contributed by atoms with Gasteiger partial charge >= 0.3 is 0 Å². The summed E-state index contributed by atoms with van der Waals surface area (Å²) in [6.45, 7) is 5.16. The van der Waals surface area contributed by atoms with Gasteiger partial charge in [0.2, 0.25) is 5.75 Å². The Balaban J connectivity index is 1.60. The van der Waals surface area contributed by atoms with Crippen molar-refractivity contribution in [2.24, 2.45) is 0 Å². The molecule has 2 aromatic rings. The molecule has 0 unspecified atom stereocenters. The summed E-state index contributed by atoms with van der Waals surface area (Å²) in [7, 11) is 4.56. The van der Waals surface area contributed by atoms with Crippen LogP contribution in [0.3, 0.4) is 0 Å². The zero-order chi connectivity index (χ0) is 24.0. The Hall–Kier alpha value is -3.30.